The number of methoxy groups -OCH3 is 1. The van der Waals surface area contributed by atoms with Crippen LogP contribution in [0.3, 0.4) is 0 Å². The summed E-state index contributed by atoms with van der Waals surface area (Å²) in [5, 5.41) is 0. The number of ether oxygens (including phenoxy) is 1. The molecule has 1 saturated heterocycles. The fraction of sp³-hybridized carbons (Fsp3) is 0.364. The molecule has 0 aliphatic carbocycles. The highest BCUT2D eigenvalue weighted by molar-refractivity contribution is 5.57. The van der Waals surface area contributed by atoms with Gasteiger partial charge in [0.25, 0.3) is 0 Å². The Morgan fingerprint density at radius 2 is 1.60 bits per heavy atom. The first-order valence-electron chi connectivity index (χ1n) is 9.13. The maximum absolute atomic E-state index is 5.41. The van der Waals surface area contributed by atoms with Crippen molar-refractivity contribution in [2.75, 3.05) is 39.8 Å². The van der Waals surface area contributed by atoms with Gasteiger partial charge in [-0.3, -0.25) is 9.80 Å². The van der Waals surface area contributed by atoms with Crippen molar-refractivity contribution in [2.24, 2.45) is 0 Å². The molecule has 2 aromatic rings. The summed E-state index contributed by atoms with van der Waals surface area (Å²) in [5.41, 5.74) is 2.55. The highest BCUT2D eigenvalue weighted by atomic mass is 16.5. The van der Waals surface area contributed by atoms with Crippen LogP contribution in [-0.4, -0.2) is 49.6 Å². The summed E-state index contributed by atoms with van der Waals surface area (Å²) in [6.07, 6.45) is 5.66. The SMILES string of the molecule is COc1ccccc1C=CCN1CCCN(Cc2ccccc2)CC1. The number of nitrogens with zero attached hydrogens (tertiary/aromatic N) is 2. The lowest BCUT2D eigenvalue weighted by Gasteiger charge is -2.21. The molecule has 0 spiro atoms. The lowest BCUT2D eigenvalue weighted by atomic mass is 10.2. The van der Waals surface area contributed by atoms with Gasteiger partial charge in [0.05, 0.1) is 7.11 Å². The van der Waals surface area contributed by atoms with E-state index in [2.05, 4.69) is 64.4 Å². The van der Waals surface area contributed by atoms with Crippen molar-refractivity contribution >= 4 is 6.08 Å². The van der Waals surface area contributed by atoms with Crippen molar-refractivity contribution < 1.29 is 4.74 Å². The number of rotatable bonds is 6. The summed E-state index contributed by atoms with van der Waals surface area (Å²) in [6, 6.07) is 18.9. The van der Waals surface area contributed by atoms with Crippen LogP contribution in [-0.2, 0) is 6.54 Å². The zero-order chi connectivity index (χ0) is 17.3. The number of benzene rings is 2. The summed E-state index contributed by atoms with van der Waals surface area (Å²) in [6.45, 7) is 6.67. The Morgan fingerprint density at radius 3 is 2.44 bits per heavy atom. The Balaban J connectivity index is 1.49. The van der Waals surface area contributed by atoms with Gasteiger partial charge in [0.15, 0.2) is 0 Å². The molecule has 0 atom stereocenters. The first-order valence-corrected chi connectivity index (χ1v) is 9.13. The van der Waals surface area contributed by atoms with Gasteiger partial charge < -0.3 is 4.74 Å². The van der Waals surface area contributed by atoms with Gasteiger partial charge in [-0.15, -0.1) is 0 Å². The van der Waals surface area contributed by atoms with E-state index in [1.807, 2.05) is 12.1 Å². The van der Waals surface area contributed by atoms with Gasteiger partial charge in [-0.1, -0.05) is 60.7 Å². The first-order chi connectivity index (χ1) is 12.3. The average molecular weight is 336 g/mol. The average Bonchev–Trinajstić information content (AvgIpc) is 2.88. The third-order valence-corrected chi connectivity index (χ3v) is 4.73. The number of para-hydroxylation sites is 1. The third kappa shape index (κ3) is 5.45. The van der Waals surface area contributed by atoms with E-state index in [9.17, 15) is 0 Å². The maximum atomic E-state index is 5.41. The van der Waals surface area contributed by atoms with Crippen molar-refractivity contribution in [3.05, 3.63) is 71.8 Å². The zero-order valence-corrected chi connectivity index (χ0v) is 15.1. The van der Waals surface area contributed by atoms with E-state index < -0.39 is 0 Å². The lowest BCUT2D eigenvalue weighted by molar-refractivity contribution is 0.262. The third-order valence-electron chi connectivity index (χ3n) is 4.73. The van der Waals surface area contributed by atoms with Gasteiger partial charge >= 0.3 is 0 Å². The summed E-state index contributed by atoms with van der Waals surface area (Å²) in [4.78, 5) is 5.11. The van der Waals surface area contributed by atoms with Crippen molar-refractivity contribution in [3.63, 3.8) is 0 Å². The molecular formula is C22H28N2O. The van der Waals surface area contributed by atoms with Gasteiger partial charge in [-0.25, -0.2) is 0 Å². The second-order valence-electron chi connectivity index (χ2n) is 6.56. The van der Waals surface area contributed by atoms with Crippen molar-refractivity contribution in [3.8, 4) is 5.75 Å². The molecule has 0 aromatic heterocycles. The zero-order valence-electron chi connectivity index (χ0n) is 15.1. The van der Waals surface area contributed by atoms with Gasteiger partial charge in [0, 0.05) is 31.7 Å². The van der Waals surface area contributed by atoms with Crippen LogP contribution >= 0.6 is 0 Å². The second kappa shape index (κ2) is 9.40. The van der Waals surface area contributed by atoms with E-state index in [0.29, 0.717) is 0 Å². The van der Waals surface area contributed by atoms with Crippen LogP contribution in [0.1, 0.15) is 17.5 Å². The Labute approximate surface area is 151 Å². The van der Waals surface area contributed by atoms with E-state index in [-0.39, 0.29) is 0 Å². The van der Waals surface area contributed by atoms with E-state index in [4.69, 9.17) is 4.74 Å². The molecule has 1 aliphatic rings. The van der Waals surface area contributed by atoms with Gasteiger partial charge in [-0.2, -0.15) is 0 Å². The predicted octanol–water partition coefficient (Wildman–Crippen LogP) is 3.92. The fourth-order valence-electron chi connectivity index (χ4n) is 3.34. The number of hydrogen-bond donors (Lipinski definition) is 0. The van der Waals surface area contributed by atoms with Crippen LogP contribution < -0.4 is 4.74 Å². The van der Waals surface area contributed by atoms with Gasteiger partial charge in [0.1, 0.15) is 5.75 Å². The normalized spacial score (nSPS) is 16.8. The molecular weight excluding hydrogens is 308 g/mol. The van der Waals surface area contributed by atoms with Crippen LogP contribution in [0, 0.1) is 0 Å². The minimum absolute atomic E-state index is 0.934. The minimum atomic E-state index is 0.934. The topological polar surface area (TPSA) is 15.7 Å². The predicted molar refractivity (Wildman–Crippen MR) is 105 cm³/mol. The van der Waals surface area contributed by atoms with Crippen LogP contribution in [0.25, 0.3) is 6.08 Å². The van der Waals surface area contributed by atoms with Crippen LogP contribution in [0.15, 0.2) is 60.7 Å². The summed E-state index contributed by atoms with van der Waals surface area (Å²) in [5.74, 6) is 0.934. The summed E-state index contributed by atoms with van der Waals surface area (Å²) >= 11 is 0. The van der Waals surface area contributed by atoms with E-state index >= 15 is 0 Å². The molecule has 0 unspecified atom stereocenters. The highest BCUT2D eigenvalue weighted by Gasteiger charge is 2.13. The second-order valence-corrected chi connectivity index (χ2v) is 6.56. The molecule has 1 aliphatic heterocycles. The largest absolute Gasteiger partial charge is 0.496 e. The van der Waals surface area contributed by atoms with E-state index in [1.165, 1.54) is 25.1 Å². The summed E-state index contributed by atoms with van der Waals surface area (Å²) in [7, 11) is 1.72. The van der Waals surface area contributed by atoms with Crippen molar-refractivity contribution in [2.45, 2.75) is 13.0 Å². The Kier molecular flexibility index (Phi) is 6.66. The molecule has 0 saturated carbocycles. The quantitative estimate of drug-likeness (QED) is 0.795. The highest BCUT2D eigenvalue weighted by Crippen LogP contribution is 2.18. The molecule has 1 heterocycles. The van der Waals surface area contributed by atoms with E-state index in [1.54, 1.807) is 7.11 Å². The Bertz CT molecular complexity index is 669. The molecule has 0 bridgehead atoms. The van der Waals surface area contributed by atoms with Gasteiger partial charge in [-0.05, 0) is 31.1 Å². The van der Waals surface area contributed by atoms with Gasteiger partial charge in [0.2, 0.25) is 0 Å². The smallest absolute Gasteiger partial charge is 0.126 e. The monoisotopic (exact) mass is 336 g/mol. The fourth-order valence-corrected chi connectivity index (χ4v) is 3.34. The molecule has 0 radical (unpaired) electrons. The molecule has 3 heteroatoms. The molecule has 0 amide bonds. The molecule has 1 fully saturated rings. The summed E-state index contributed by atoms with van der Waals surface area (Å²) < 4.78 is 5.41. The Morgan fingerprint density at radius 1 is 0.880 bits per heavy atom. The molecule has 3 nitrogen and oxygen atoms in total. The minimum Gasteiger partial charge on any atom is -0.496 e. The van der Waals surface area contributed by atoms with Crippen LogP contribution in [0.5, 0.6) is 5.75 Å². The van der Waals surface area contributed by atoms with Crippen LogP contribution in [0.4, 0.5) is 0 Å². The molecule has 132 valence electrons. The molecule has 2 aromatic carbocycles. The van der Waals surface area contributed by atoms with Crippen molar-refractivity contribution in [1.29, 1.82) is 0 Å². The maximum Gasteiger partial charge on any atom is 0.126 e. The van der Waals surface area contributed by atoms with Crippen LogP contribution in [0.2, 0.25) is 0 Å². The standard InChI is InChI=1S/C22H28N2O/c1-25-22-13-6-5-11-21(22)12-7-14-23-15-8-16-24(18-17-23)19-20-9-3-2-4-10-20/h2-7,9-13H,8,14-19H2,1H3. The molecule has 3 rings (SSSR count). The lowest BCUT2D eigenvalue weighted by Crippen LogP contribution is -2.30. The first kappa shape index (κ1) is 17.7. The molecule has 0 N–H and O–H groups in total. The van der Waals surface area contributed by atoms with E-state index in [0.717, 1.165) is 37.5 Å². The van der Waals surface area contributed by atoms with Crippen molar-refractivity contribution in [1.82, 2.24) is 9.80 Å². The Hall–Kier alpha value is -2.10. The number of hydrogen-bond acceptors (Lipinski definition) is 3. The molecule has 25 heavy (non-hydrogen) atoms.